The van der Waals surface area contributed by atoms with E-state index in [-0.39, 0.29) is 12.5 Å². The Labute approximate surface area is 149 Å². The van der Waals surface area contributed by atoms with Gasteiger partial charge in [-0.05, 0) is 49.5 Å². The van der Waals surface area contributed by atoms with E-state index in [0.717, 1.165) is 49.9 Å². The van der Waals surface area contributed by atoms with Crippen molar-refractivity contribution in [2.75, 3.05) is 24.6 Å². The number of hydrogen-bond donors (Lipinski definition) is 1. The van der Waals surface area contributed by atoms with Crippen LogP contribution < -0.4 is 4.90 Å². The van der Waals surface area contributed by atoms with Crippen LogP contribution in [-0.4, -0.2) is 29.8 Å². The molecule has 5 nitrogen and oxygen atoms in total. The second kappa shape index (κ2) is 7.85. The van der Waals surface area contributed by atoms with Crippen molar-refractivity contribution in [2.24, 2.45) is 11.8 Å². The predicted octanol–water partition coefficient (Wildman–Crippen LogP) is 2.94. The van der Waals surface area contributed by atoms with Gasteiger partial charge in [0, 0.05) is 25.4 Å². The normalized spacial score (nSPS) is 23.8. The Morgan fingerprint density at radius 3 is 2.48 bits per heavy atom. The molecule has 1 saturated heterocycles. The molecule has 0 saturated carbocycles. The first-order chi connectivity index (χ1) is 12.2. The number of nitriles is 2. The van der Waals surface area contributed by atoms with E-state index in [0.29, 0.717) is 29.4 Å². The zero-order valence-electron chi connectivity index (χ0n) is 15.0. The summed E-state index contributed by atoms with van der Waals surface area (Å²) in [5.74, 6) is 1.29. The SMILES string of the molecule is CC1CC(CO)CN(c2nc3c(c(C#N)c2C#N)CCCCCC3)C1. The van der Waals surface area contributed by atoms with Gasteiger partial charge in [0.25, 0.3) is 0 Å². The molecule has 1 aliphatic heterocycles. The van der Waals surface area contributed by atoms with Crippen molar-refractivity contribution in [1.82, 2.24) is 4.98 Å². The zero-order valence-corrected chi connectivity index (χ0v) is 15.0. The van der Waals surface area contributed by atoms with Crippen LogP contribution in [0.3, 0.4) is 0 Å². The molecule has 2 atom stereocenters. The van der Waals surface area contributed by atoms with Gasteiger partial charge < -0.3 is 10.0 Å². The molecule has 0 aromatic carbocycles. The van der Waals surface area contributed by atoms with Crippen LogP contribution in [0.25, 0.3) is 0 Å². The third-order valence-corrected chi connectivity index (χ3v) is 5.48. The Hall–Kier alpha value is -2.11. The molecule has 0 radical (unpaired) electrons. The number of aryl methyl sites for hydroxylation is 1. The first-order valence-electron chi connectivity index (χ1n) is 9.39. The van der Waals surface area contributed by atoms with Crippen LogP contribution in [-0.2, 0) is 12.8 Å². The summed E-state index contributed by atoms with van der Waals surface area (Å²) in [7, 11) is 0. The molecule has 3 rings (SSSR count). The molecule has 2 aliphatic rings. The Morgan fingerprint density at radius 2 is 1.80 bits per heavy atom. The van der Waals surface area contributed by atoms with E-state index < -0.39 is 0 Å². The summed E-state index contributed by atoms with van der Waals surface area (Å²) < 4.78 is 0. The van der Waals surface area contributed by atoms with Crippen molar-refractivity contribution in [3.05, 3.63) is 22.4 Å². The van der Waals surface area contributed by atoms with E-state index in [1.54, 1.807) is 0 Å². The van der Waals surface area contributed by atoms with Crippen LogP contribution in [0.2, 0.25) is 0 Å². The van der Waals surface area contributed by atoms with Crippen LogP contribution >= 0.6 is 0 Å². The first kappa shape index (κ1) is 17.7. The van der Waals surface area contributed by atoms with E-state index in [4.69, 9.17) is 4.98 Å². The van der Waals surface area contributed by atoms with E-state index in [9.17, 15) is 15.6 Å². The molecule has 1 N–H and O–H groups in total. The van der Waals surface area contributed by atoms with Crippen LogP contribution in [0, 0.1) is 34.5 Å². The number of hydrogen-bond acceptors (Lipinski definition) is 5. The van der Waals surface area contributed by atoms with Gasteiger partial charge in [0.05, 0.1) is 5.56 Å². The molecular weight excluding hydrogens is 312 g/mol. The second-order valence-corrected chi connectivity index (χ2v) is 7.54. The molecular formula is C20H26N4O. The minimum Gasteiger partial charge on any atom is -0.396 e. The molecule has 1 aromatic heterocycles. The molecule has 2 unspecified atom stereocenters. The third-order valence-electron chi connectivity index (χ3n) is 5.48. The number of aliphatic hydroxyl groups excluding tert-OH is 1. The Bertz CT molecular complexity index is 716. The lowest BCUT2D eigenvalue weighted by molar-refractivity contribution is 0.189. The number of aromatic nitrogens is 1. The highest BCUT2D eigenvalue weighted by Crippen LogP contribution is 2.33. The first-order valence-corrected chi connectivity index (χ1v) is 9.39. The van der Waals surface area contributed by atoms with Crippen LogP contribution in [0.5, 0.6) is 0 Å². The predicted molar refractivity (Wildman–Crippen MR) is 96.1 cm³/mol. The highest BCUT2D eigenvalue weighted by Gasteiger charge is 2.29. The molecule has 132 valence electrons. The van der Waals surface area contributed by atoms with Gasteiger partial charge in [-0.3, -0.25) is 0 Å². The monoisotopic (exact) mass is 338 g/mol. The molecule has 2 heterocycles. The molecule has 1 aliphatic carbocycles. The van der Waals surface area contributed by atoms with Crippen LogP contribution in [0.1, 0.15) is 61.4 Å². The van der Waals surface area contributed by atoms with Crippen LogP contribution in [0.15, 0.2) is 0 Å². The van der Waals surface area contributed by atoms with Gasteiger partial charge in [0.1, 0.15) is 23.5 Å². The fourth-order valence-corrected chi connectivity index (χ4v) is 4.33. The topological polar surface area (TPSA) is 83.9 Å². The molecule has 5 heteroatoms. The van der Waals surface area contributed by atoms with Gasteiger partial charge >= 0.3 is 0 Å². The number of anilines is 1. The number of fused-ring (bicyclic) bond motifs is 1. The molecule has 1 fully saturated rings. The quantitative estimate of drug-likeness (QED) is 0.896. The lowest BCUT2D eigenvalue weighted by atomic mass is 9.89. The average Bonchev–Trinajstić information content (AvgIpc) is 2.60. The fourth-order valence-electron chi connectivity index (χ4n) is 4.33. The summed E-state index contributed by atoms with van der Waals surface area (Å²) in [6, 6.07) is 4.56. The Kier molecular flexibility index (Phi) is 5.56. The van der Waals surface area contributed by atoms with Gasteiger partial charge in [-0.2, -0.15) is 10.5 Å². The zero-order chi connectivity index (χ0) is 17.8. The summed E-state index contributed by atoms with van der Waals surface area (Å²) in [6.45, 7) is 3.84. The fraction of sp³-hybridized carbons (Fsp3) is 0.650. The Morgan fingerprint density at radius 1 is 1.08 bits per heavy atom. The van der Waals surface area contributed by atoms with Gasteiger partial charge in [-0.1, -0.05) is 19.8 Å². The van der Waals surface area contributed by atoms with E-state index in [1.807, 2.05) is 0 Å². The lowest BCUT2D eigenvalue weighted by Gasteiger charge is -2.37. The minimum atomic E-state index is 0.152. The number of pyridine rings is 1. The smallest absolute Gasteiger partial charge is 0.148 e. The van der Waals surface area contributed by atoms with E-state index in [2.05, 4.69) is 24.0 Å². The standard InChI is InChI=1S/C20H26N4O/c1-14-8-15(13-25)12-24(11-14)20-18(10-22)17(9-21)16-6-4-2-3-5-7-19(16)23-20/h14-15,25H,2-8,11-13H2,1H3. The minimum absolute atomic E-state index is 0.152. The molecule has 0 bridgehead atoms. The van der Waals surface area contributed by atoms with Gasteiger partial charge in [-0.25, -0.2) is 4.98 Å². The Balaban J connectivity index is 2.08. The lowest BCUT2D eigenvalue weighted by Crippen LogP contribution is -2.42. The summed E-state index contributed by atoms with van der Waals surface area (Å²) in [6.07, 6.45) is 7.24. The van der Waals surface area contributed by atoms with Gasteiger partial charge in [0.2, 0.25) is 0 Å². The van der Waals surface area contributed by atoms with Crippen molar-refractivity contribution < 1.29 is 5.11 Å². The van der Waals surface area contributed by atoms with E-state index >= 15 is 0 Å². The number of nitrogens with zero attached hydrogens (tertiary/aromatic N) is 4. The van der Waals surface area contributed by atoms with Crippen molar-refractivity contribution in [2.45, 2.75) is 51.9 Å². The molecule has 0 spiro atoms. The number of aliphatic hydroxyl groups is 1. The number of piperidine rings is 1. The summed E-state index contributed by atoms with van der Waals surface area (Å²) in [5, 5.41) is 29.1. The average molecular weight is 338 g/mol. The van der Waals surface area contributed by atoms with Crippen molar-refractivity contribution in [3.63, 3.8) is 0 Å². The molecule has 25 heavy (non-hydrogen) atoms. The van der Waals surface area contributed by atoms with E-state index in [1.165, 1.54) is 12.8 Å². The van der Waals surface area contributed by atoms with Gasteiger partial charge in [0.15, 0.2) is 0 Å². The maximum Gasteiger partial charge on any atom is 0.148 e. The maximum atomic E-state index is 9.76. The van der Waals surface area contributed by atoms with Crippen molar-refractivity contribution in [1.29, 1.82) is 10.5 Å². The third kappa shape index (κ3) is 3.62. The molecule has 1 aromatic rings. The number of rotatable bonds is 2. The molecule has 0 amide bonds. The maximum absolute atomic E-state index is 9.76. The summed E-state index contributed by atoms with van der Waals surface area (Å²) >= 11 is 0. The van der Waals surface area contributed by atoms with Crippen LogP contribution in [0.4, 0.5) is 5.82 Å². The van der Waals surface area contributed by atoms with Crippen molar-refractivity contribution >= 4 is 5.82 Å². The second-order valence-electron chi connectivity index (χ2n) is 7.54. The summed E-state index contributed by atoms with van der Waals surface area (Å²) in [5.41, 5.74) is 2.95. The highest BCUT2D eigenvalue weighted by molar-refractivity contribution is 5.65. The largest absolute Gasteiger partial charge is 0.396 e. The van der Waals surface area contributed by atoms with Crippen molar-refractivity contribution in [3.8, 4) is 12.1 Å². The summed E-state index contributed by atoms with van der Waals surface area (Å²) in [4.78, 5) is 7.01. The van der Waals surface area contributed by atoms with Gasteiger partial charge in [-0.15, -0.1) is 0 Å². The highest BCUT2D eigenvalue weighted by atomic mass is 16.3.